The molecule has 1 heterocycles. The largest absolute Gasteiger partial charge is 0.875 e. The van der Waals surface area contributed by atoms with E-state index in [1.807, 2.05) is 24.8 Å². The Morgan fingerprint density at radius 3 is 2.33 bits per heavy atom. The van der Waals surface area contributed by atoms with E-state index < -0.39 is 0 Å². The van der Waals surface area contributed by atoms with Crippen molar-refractivity contribution in [2.75, 3.05) is 76.3 Å². The first-order valence-corrected chi connectivity index (χ1v) is 17.3. The number of carbonyl (C=O) groups is 3. The van der Waals surface area contributed by atoms with Crippen molar-refractivity contribution in [2.24, 2.45) is 23.7 Å². The molecule has 1 saturated heterocycles. The second-order valence-electron chi connectivity index (χ2n) is 11.8. The predicted octanol–water partition coefficient (Wildman–Crippen LogP) is 4.33. The van der Waals surface area contributed by atoms with Crippen LogP contribution in [0.5, 0.6) is 0 Å². The van der Waals surface area contributed by atoms with Gasteiger partial charge in [-0.1, -0.05) is 26.3 Å². The molecule has 1 amide bonds. The molecule has 0 radical (unpaired) electrons. The van der Waals surface area contributed by atoms with E-state index in [1.165, 1.54) is 0 Å². The Kier molecular flexibility index (Phi) is 17.0. The highest BCUT2D eigenvalue weighted by Gasteiger charge is 2.40. The minimum Gasteiger partial charge on any atom is -0.875 e. The maximum Gasteiger partial charge on any atom is 0.226 e. The van der Waals surface area contributed by atoms with Crippen LogP contribution in [0.3, 0.4) is 0 Å². The number of allylic oxidation sites excluding steroid dienone is 2. The molecule has 2 N–H and O–H groups in total. The van der Waals surface area contributed by atoms with Crippen molar-refractivity contribution in [1.29, 1.82) is 0 Å². The SMILES string of the molecule is CNc1cc(NC(=O)CCOCCOCCOCCOCCC(C)C(=O)CCCCC2SCC3C(C)C([O-])=CC23)ccc1C=O. The Morgan fingerprint density at radius 1 is 1.00 bits per heavy atom. The number of rotatable bonds is 24. The lowest BCUT2D eigenvalue weighted by atomic mass is 9.87. The highest BCUT2D eigenvalue weighted by atomic mass is 32.2. The van der Waals surface area contributed by atoms with Gasteiger partial charge in [0.05, 0.1) is 52.7 Å². The first-order valence-electron chi connectivity index (χ1n) is 16.2. The number of unbranched alkanes of at least 4 members (excludes halogenated alkanes) is 1. The number of ether oxygens (including phenoxy) is 4. The topological polar surface area (TPSA) is 135 Å². The number of hydrogen-bond donors (Lipinski definition) is 2. The van der Waals surface area contributed by atoms with E-state index in [-0.39, 0.29) is 30.8 Å². The average Bonchev–Trinajstić information content (AvgIpc) is 3.56. The summed E-state index contributed by atoms with van der Waals surface area (Å²) in [5, 5.41) is 18.2. The van der Waals surface area contributed by atoms with Gasteiger partial charge in [-0.15, -0.1) is 5.76 Å². The first kappa shape index (κ1) is 37.0. The summed E-state index contributed by atoms with van der Waals surface area (Å²) in [6.45, 7) is 7.48. The van der Waals surface area contributed by atoms with E-state index in [9.17, 15) is 19.5 Å². The van der Waals surface area contributed by atoms with Gasteiger partial charge < -0.3 is 34.7 Å². The second kappa shape index (κ2) is 20.6. The van der Waals surface area contributed by atoms with E-state index in [0.29, 0.717) is 105 Å². The van der Waals surface area contributed by atoms with Gasteiger partial charge in [0, 0.05) is 48.2 Å². The van der Waals surface area contributed by atoms with E-state index in [1.54, 1.807) is 25.2 Å². The molecule has 1 aliphatic carbocycles. The van der Waals surface area contributed by atoms with Crippen molar-refractivity contribution in [3.8, 4) is 0 Å². The maximum absolute atomic E-state index is 12.5. The molecule has 252 valence electrons. The maximum atomic E-state index is 12.5. The summed E-state index contributed by atoms with van der Waals surface area (Å²) in [7, 11) is 1.72. The molecule has 5 unspecified atom stereocenters. The van der Waals surface area contributed by atoms with Crippen LogP contribution >= 0.6 is 11.8 Å². The molecule has 1 aromatic carbocycles. The zero-order valence-electron chi connectivity index (χ0n) is 27.1. The molecule has 0 bridgehead atoms. The molecular weight excluding hydrogens is 596 g/mol. The molecule has 1 aromatic rings. The number of nitrogens with one attached hydrogen (secondary N) is 2. The van der Waals surface area contributed by atoms with Gasteiger partial charge >= 0.3 is 0 Å². The smallest absolute Gasteiger partial charge is 0.226 e. The number of anilines is 2. The fourth-order valence-electron chi connectivity index (χ4n) is 5.69. The molecule has 5 atom stereocenters. The van der Waals surface area contributed by atoms with Crippen LogP contribution in [0, 0.1) is 23.7 Å². The highest BCUT2D eigenvalue weighted by Crippen LogP contribution is 2.49. The van der Waals surface area contributed by atoms with Gasteiger partial charge in [0.2, 0.25) is 5.91 Å². The van der Waals surface area contributed by atoms with Crippen LogP contribution in [0.25, 0.3) is 0 Å². The Hall–Kier alpha value is -2.44. The summed E-state index contributed by atoms with van der Waals surface area (Å²) in [5.74, 6) is 2.69. The van der Waals surface area contributed by atoms with E-state index >= 15 is 0 Å². The fraction of sp³-hybridized carbons (Fsp3) is 0.676. The molecule has 1 fully saturated rings. The third-order valence-electron chi connectivity index (χ3n) is 8.60. The molecule has 10 nitrogen and oxygen atoms in total. The van der Waals surface area contributed by atoms with Gasteiger partial charge in [-0.3, -0.25) is 14.4 Å². The molecule has 1 aliphatic heterocycles. The number of benzene rings is 1. The van der Waals surface area contributed by atoms with Crippen LogP contribution in [-0.2, 0) is 28.5 Å². The van der Waals surface area contributed by atoms with Crippen LogP contribution in [0.4, 0.5) is 11.4 Å². The van der Waals surface area contributed by atoms with E-state index in [2.05, 4.69) is 17.6 Å². The lowest BCUT2D eigenvalue weighted by Crippen LogP contribution is -2.19. The molecule has 0 saturated carbocycles. The summed E-state index contributed by atoms with van der Waals surface area (Å²) in [5.41, 5.74) is 1.79. The summed E-state index contributed by atoms with van der Waals surface area (Å²) in [4.78, 5) is 35.6. The minimum absolute atomic E-state index is 0.00373. The van der Waals surface area contributed by atoms with Crippen LogP contribution in [0.2, 0.25) is 0 Å². The van der Waals surface area contributed by atoms with E-state index in [0.717, 1.165) is 31.3 Å². The minimum atomic E-state index is -0.172. The normalized spacial score (nSPS) is 21.3. The number of carbonyl (C=O) groups excluding carboxylic acids is 3. The Labute approximate surface area is 272 Å². The van der Waals surface area contributed by atoms with Gasteiger partial charge in [-0.05, 0) is 61.0 Å². The second-order valence-corrected chi connectivity index (χ2v) is 13.1. The van der Waals surface area contributed by atoms with Crippen LogP contribution in [-0.4, -0.2) is 88.9 Å². The number of amides is 1. The zero-order chi connectivity index (χ0) is 32.4. The van der Waals surface area contributed by atoms with Crippen molar-refractivity contribution in [2.45, 2.75) is 57.6 Å². The molecule has 0 spiro atoms. The van der Waals surface area contributed by atoms with Gasteiger partial charge in [-0.2, -0.15) is 11.8 Å². The van der Waals surface area contributed by atoms with Crippen LogP contribution < -0.4 is 15.7 Å². The Balaban J connectivity index is 1.06. The summed E-state index contributed by atoms with van der Waals surface area (Å²) < 4.78 is 22.1. The molecular formula is C34H51N2O8S-. The van der Waals surface area contributed by atoms with E-state index in [4.69, 9.17) is 18.9 Å². The molecule has 0 aromatic heterocycles. The third-order valence-corrected chi connectivity index (χ3v) is 10.2. The lowest BCUT2D eigenvalue weighted by Gasteiger charge is -2.20. The van der Waals surface area contributed by atoms with Crippen molar-refractivity contribution in [3.63, 3.8) is 0 Å². The van der Waals surface area contributed by atoms with Gasteiger partial charge in [-0.25, -0.2) is 0 Å². The number of ketones is 1. The van der Waals surface area contributed by atoms with Gasteiger partial charge in [0.15, 0.2) is 6.29 Å². The lowest BCUT2D eigenvalue weighted by molar-refractivity contribution is -0.313. The monoisotopic (exact) mass is 647 g/mol. The Bertz CT molecular complexity index is 1100. The fourth-order valence-corrected chi connectivity index (χ4v) is 7.50. The average molecular weight is 648 g/mol. The number of Topliss-reactive ketones (excluding diaryl/α,β-unsaturated/α-hetero) is 1. The standard InChI is InChI=1S/C34H52N2O8S/c1-24(31(38)6-4-5-7-33-28-21-32(39)25(2)29(28)23-45-33)10-12-41-14-16-43-18-19-44-17-15-42-13-11-34(40)36-27-9-8-26(22-37)30(20-27)35-3/h8-9,20-22,24-25,28-29,33,35,39H,4-7,10-19,23H2,1-3H3,(H,36,40)/p-1. The van der Waals surface area contributed by atoms with Crippen LogP contribution in [0.1, 0.15) is 62.7 Å². The van der Waals surface area contributed by atoms with Crippen molar-refractivity contribution in [3.05, 3.63) is 35.6 Å². The third kappa shape index (κ3) is 12.7. The van der Waals surface area contributed by atoms with Gasteiger partial charge in [0.1, 0.15) is 5.78 Å². The van der Waals surface area contributed by atoms with Crippen molar-refractivity contribution < 1.29 is 38.4 Å². The Morgan fingerprint density at radius 2 is 1.67 bits per heavy atom. The molecule has 11 heteroatoms. The summed E-state index contributed by atoms with van der Waals surface area (Å²) in [6.07, 6.45) is 7.32. The van der Waals surface area contributed by atoms with Crippen molar-refractivity contribution in [1.82, 2.24) is 0 Å². The molecule has 2 aliphatic rings. The number of fused-ring (bicyclic) bond motifs is 1. The number of hydrogen-bond acceptors (Lipinski definition) is 10. The predicted molar refractivity (Wildman–Crippen MR) is 176 cm³/mol. The molecule has 45 heavy (non-hydrogen) atoms. The zero-order valence-corrected chi connectivity index (χ0v) is 27.9. The highest BCUT2D eigenvalue weighted by molar-refractivity contribution is 8.00. The summed E-state index contributed by atoms with van der Waals surface area (Å²) in [6, 6.07) is 5.05. The molecule has 3 rings (SSSR count). The quantitative estimate of drug-likeness (QED) is 0.123. The number of aldehydes is 1. The number of thioether (sulfide) groups is 1. The first-order chi connectivity index (χ1) is 21.8. The van der Waals surface area contributed by atoms with Gasteiger partial charge in [0.25, 0.3) is 0 Å². The van der Waals surface area contributed by atoms with Crippen LogP contribution in [0.15, 0.2) is 30.0 Å². The summed E-state index contributed by atoms with van der Waals surface area (Å²) >= 11 is 2.01. The van der Waals surface area contributed by atoms with Crippen molar-refractivity contribution >= 4 is 41.1 Å².